The van der Waals surface area contributed by atoms with Gasteiger partial charge in [0, 0.05) is 0 Å². The fourth-order valence-corrected chi connectivity index (χ4v) is 2.89. The largest absolute Gasteiger partial charge is 0.319 e. The van der Waals surface area contributed by atoms with E-state index in [9.17, 15) is 8.78 Å². The Morgan fingerprint density at radius 2 is 1.62 bits per heavy atom. The van der Waals surface area contributed by atoms with Gasteiger partial charge in [-0.2, -0.15) is 0 Å². The van der Waals surface area contributed by atoms with Gasteiger partial charge in [0.1, 0.15) is 11.6 Å². The molecule has 2 aromatic rings. The van der Waals surface area contributed by atoms with Crippen molar-refractivity contribution in [3.8, 4) is 0 Å². The van der Waals surface area contributed by atoms with E-state index in [4.69, 9.17) is 0 Å². The fraction of sp³-hybridized carbons (Fsp3) is 0.294. The van der Waals surface area contributed by atoms with Gasteiger partial charge in [-0.15, -0.1) is 0 Å². The summed E-state index contributed by atoms with van der Waals surface area (Å²) < 4.78 is 26.7. The minimum Gasteiger partial charge on any atom is -0.319 e. The molecule has 4 heteroatoms. The SMILES string of the molecule is CNCC(Cc1ccc(F)cc1)Cc1ccc(F)c(Br)c1. The van der Waals surface area contributed by atoms with Gasteiger partial charge >= 0.3 is 0 Å². The summed E-state index contributed by atoms with van der Waals surface area (Å²) in [6.45, 7) is 0.854. The van der Waals surface area contributed by atoms with Crippen LogP contribution in [-0.4, -0.2) is 13.6 Å². The molecule has 0 aliphatic heterocycles. The number of hydrogen-bond acceptors (Lipinski definition) is 1. The highest BCUT2D eigenvalue weighted by Gasteiger charge is 2.11. The Bertz CT molecular complexity index is 584. The van der Waals surface area contributed by atoms with E-state index in [-0.39, 0.29) is 11.6 Å². The monoisotopic (exact) mass is 353 g/mol. The maximum absolute atomic E-state index is 13.3. The summed E-state index contributed by atoms with van der Waals surface area (Å²) in [6.07, 6.45) is 1.70. The highest BCUT2D eigenvalue weighted by molar-refractivity contribution is 9.10. The first-order valence-electron chi connectivity index (χ1n) is 6.91. The van der Waals surface area contributed by atoms with Gasteiger partial charge in [0.05, 0.1) is 4.47 Å². The second-order valence-corrected chi connectivity index (χ2v) is 6.06. The molecule has 0 radical (unpaired) electrons. The summed E-state index contributed by atoms with van der Waals surface area (Å²) in [4.78, 5) is 0. The average molecular weight is 354 g/mol. The van der Waals surface area contributed by atoms with Crippen LogP contribution in [0.2, 0.25) is 0 Å². The van der Waals surface area contributed by atoms with Crippen molar-refractivity contribution < 1.29 is 8.78 Å². The van der Waals surface area contributed by atoms with Crippen molar-refractivity contribution in [1.82, 2.24) is 5.32 Å². The van der Waals surface area contributed by atoms with E-state index in [2.05, 4.69) is 21.2 Å². The van der Waals surface area contributed by atoms with Gasteiger partial charge in [0.15, 0.2) is 0 Å². The van der Waals surface area contributed by atoms with E-state index in [0.29, 0.717) is 10.4 Å². The number of benzene rings is 2. The summed E-state index contributed by atoms with van der Waals surface area (Å²) in [5.41, 5.74) is 2.20. The molecule has 0 saturated carbocycles. The Kier molecular flexibility index (Phi) is 5.88. The molecule has 0 aromatic heterocycles. The van der Waals surface area contributed by atoms with Gasteiger partial charge in [0.2, 0.25) is 0 Å². The summed E-state index contributed by atoms with van der Waals surface area (Å²) >= 11 is 3.22. The lowest BCUT2D eigenvalue weighted by Crippen LogP contribution is -2.22. The minimum absolute atomic E-state index is 0.216. The van der Waals surface area contributed by atoms with Crippen molar-refractivity contribution in [3.63, 3.8) is 0 Å². The predicted octanol–water partition coefficient (Wildman–Crippen LogP) is 4.35. The highest BCUT2D eigenvalue weighted by atomic mass is 79.9. The van der Waals surface area contributed by atoms with Crippen LogP contribution in [-0.2, 0) is 12.8 Å². The van der Waals surface area contributed by atoms with Crippen LogP contribution in [0, 0.1) is 17.6 Å². The fourth-order valence-electron chi connectivity index (χ4n) is 2.46. The topological polar surface area (TPSA) is 12.0 Å². The van der Waals surface area contributed by atoms with Crippen LogP contribution in [0.3, 0.4) is 0 Å². The molecule has 1 N–H and O–H groups in total. The first-order valence-corrected chi connectivity index (χ1v) is 7.70. The first kappa shape index (κ1) is 16.1. The second-order valence-electron chi connectivity index (χ2n) is 5.21. The van der Waals surface area contributed by atoms with Gasteiger partial charge in [-0.1, -0.05) is 18.2 Å². The standard InChI is InChI=1S/C17H18BrF2N/c1-21-11-14(8-12-2-5-15(19)6-3-12)9-13-4-7-17(20)16(18)10-13/h2-7,10,14,21H,8-9,11H2,1H3. The average Bonchev–Trinajstić information content (AvgIpc) is 2.46. The van der Waals surface area contributed by atoms with Crippen molar-refractivity contribution in [2.45, 2.75) is 12.8 Å². The molecule has 0 fully saturated rings. The van der Waals surface area contributed by atoms with E-state index in [1.54, 1.807) is 0 Å². The van der Waals surface area contributed by atoms with E-state index >= 15 is 0 Å². The van der Waals surface area contributed by atoms with Crippen LogP contribution in [0.25, 0.3) is 0 Å². The van der Waals surface area contributed by atoms with Gasteiger partial charge in [-0.3, -0.25) is 0 Å². The van der Waals surface area contributed by atoms with Gasteiger partial charge in [-0.25, -0.2) is 8.78 Å². The van der Waals surface area contributed by atoms with Crippen molar-refractivity contribution >= 4 is 15.9 Å². The Hall–Kier alpha value is -1.26. The van der Waals surface area contributed by atoms with E-state index in [1.165, 1.54) is 18.2 Å². The van der Waals surface area contributed by atoms with Gasteiger partial charge in [0.25, 0.3) is 0 Å². The van der Waals surface area contributed by atoms with Crippen LogP contribution in [0.1, 0.15) is 11.1 Å². The first-order chi connectivity index (χ1) is 10.1. The molecular weight excluding hydrogens is 336 g/mol. The molecule has 0 bridgehead atoms. The molecule has 1 unspecified atom stereocenters. The molecule has 0 amide bonds. The highest BCUT2D eigenvalue weighted by Crippen LogP contribution is 2.20. The van der Waals surface area contributed by atoms with Gasteiger partial charge in [-0.05, 0) is 83.7 Å². The normalized spacial score (nSPS) is 12.4. The quantitative estimate of drug-likeness (QED) is 0.813. The zero-order valence-corrected chi connectivity index (χ0v) is 13.5. The lowest BCUT2D eigenvalue weighted by atomic mass is 9.92. The van der Waals surface area contributed by atoms with Crippen molar-refractivity contribution in [2.24, 2.45) is 5.92 Å². The molecule has 0 saturated heterocycles. The molecule has 21 heavy (non-hydrogen) atoms. The number of halogens is 3. The molecule has 112 valence electrons. The Morgan fingerprint density at radius 1 is 1.00 bits per heavy atom. The molecule has 1 atom stereocenters. The van der Waals surface area contributed by atoms with Crippen LogP contribution in [0.5, 0.6) is 0 Å². The zero-order valence-electron chi connectivity index (χ0n) is 11.9. The van der Waals surface area contributed by atoms with Crippen LogP contribution in [0.4, 0.5) is 8.78 Å². The van der Waals surface area contributed by atoms with E-state index < -0.39 is 0 Å². The molecule has 0 heterocycles. The summed E-state index contributed by atoms with van der Waals surface area (Å²) in [5.74, 6) is -0.0911. The van der Waals surface area contributed by atoms with Crippen LogP contribution >= 0.6 is 15.9 Å². The molecular formula is C17H18BrF2N. The third-order valence-corrected chi connectivity index (χ3v) is 4.05. The smallest absolute Gasteiger partial charge is 0.137 e. The number of nitrogens with one attached hydrogen (secondary N) is 1. The maximum atomic E-state index is 13.3. The Morgan fingerprint density at radius 3 is 2.24 bits per heavy atom. The van der Waals surface area contributed by atoms with Gasteiger partial charge < -0.3 is 5.32 Å². The Labute approximate surface area is 132 Å². The lowest BCUT2D eigenvalue weighted by Gasteiger charge is -2.17. The summed E-state index contributed by atoms with van der Waals surface area (Å²) in [6, 6.07) is 11.7. The summed E-state index contributed by atoms with van der Waals surface area (Å²) in [7, 11) is 1.91. The summed E-state index contributed by atoms with van der Waals surface area (Å²) in [5, 5.41) is 3.19. The molecule has 0 spiro atoms. The molecule has 2 rings (SSSR count). The van der Waals surface area contributed by atoms with Crippen LogP contribution < -0.4 is 5.32 Å². The van der Waals surface area contributed by atoms with Crippen molar-refractivity contribution in [3.05, 3.63) is 69.7 Å². The zero-order chi connectivity index (χ0) is 15.2. The van der Waals surface area contributed by atoms with Crippen molar-refractivity contribution in [2.75, 3.05) is 13.6 Å². The third-order valence-electron chi connectivity index (χ3n) is 3.44. The number of hydrogen-bond donors (Lipinski definition) is 1. The minimum atomic E-state index is -0.248. The van der Waals surface area contributed by atoms with E-state index in [0.717, 1.165) is 30.5 Å². The van der Waals surface area contributed by atoms with Crippen LogP contribution in [0.15, 0.2) is 46.9 Å². The maximum Gasteiger partial charge on any atom is 0.137 e. The second kappa shape index (κ2) is 7.66. The molecule has 0 aliphatic carbocycles. The predicted molar refractivity (Wildman–Crippen MR) is 85.3 cm³/mol. The Balaban J connectivity index is 2.07. The van der Waals surface area contributed by atoms with Crippen molar-refractivity contribution in [1.29, 1.82) is 0 Å². The molecule has 2 aromatic carbocycles. The number of rotatable bonds is 6. The third kappa shape index (κ3) is 4.90. The lowest BCUT2D eigenvalue weighted by molar-refractivity contribution is 0.492. The van der Waals surface area contributed by atoms with E-state index in [1.807, 2.05) is 31.3 Å². The molecule has 0 aliphatic rings. The molecule has 1 nitrogen and oxygen atoms in total.